The number of aryl methyl sites for hydroxylation is 1. The van der Waals surface area contributed by atoms with Gasteiger partial charge in [0.05, 0.1) is 11.9 Å². The number of rotatable bonds is 7. The Morgan fingerprint density at radius 3 is 3.13 bits per heavy atom. The Kier molecular flexibility index (Phi) is 5.52. The molecule has 0 aromatic carbocycles. The van der Waals surface area contributed by atoms with Gasteiger partial charge < -0.3 is 14.6 Å². The average molecular weight is 332 g/mol. The van der Waals surface area contributed by atoms with Crippen LogP contribution in [0, 0.1) is 0 Å². The quantitative estimate of drug-likeness (QED) is 0.785. The second-order valence-corrected chi connectivity index (χ2v) is 6.55. The first-order valence-electron chi connectivity index (χ1n) is 7.75. The highest BCUT2D eigenvalue weighted by Crippen LogP contribution is 2.21. The molecule has 7 heteroatoms. The summed E-state index contributed by atoms with van der Waals surface area (Å²) in [6.45, 7) is 1.46. The van der Waals surface area contributed by atoms with Crippen LogP contribution in [-0.2, 0) is 6.54 Å². The largest absolute Gasteiger partial charge is 0.473 e. The molecule has 3 heterocycles. The first-order valence-corrected chi connectivity index (χ1v) is 8.91. The number of pyridine rings is 1. The summed E-state index contributed by atoms with van der Waals surface area (Å²) < 4.78 is 7.76. The first-order chi connectivity index (χ1) is 11.3. The molecule has 23 heavy (non-hydrogen) atoms. The summed E-state index contributed by atoms with van der Waals surface area (Å²) in [5.74, 6) is 2.64. The van der Waals surface area contributed by atoms with Crippen LogP contribution in [-0.4, -0.2) is 44.6 Å². The molecule has 0 saturated carbocycles. The summed E-state index contributed by atoms with van der Waals surface area (Å²) >= 11 is 1.90. The van der Waals surface area contributed by atoms with Crippen molar-refractivity contribution >= 4 is 17.7 Å². The minimum Gasteiger partial charge on any atom is -0.473 e. The molecule has 122 valence electrons. The van der Waals surface area contributed by atoms with E-state index in [4.69, 9.17) is 4.74 Å². The van der Waals surface area contributed by atoms with Crippen LogP contribution in [0.3, 0.4) is 0 Å². The van der Waals surface area contributed by atoms with E-state index in [9.17, 15) is 4.79 Å². The monoisotopic (exact) mass is 332 g/mol. The topological polar surface area (TPSA) is 69.0 Å². The van der Waals surface area contributed by atoms with Gasteiger partial charge in [-0.2, -0.15) is 11.8 Å². The van der Waals surface area contributed by atoms with Crippen LogP contribution in [0.2, 0.25) is 0 Å². The van der Waals surface area contributed by atoms with Crippen LogP contribution in [0.15, 0.2) is 37.1 Å². The van der Waals surface area contributed by atoms with E-state index in [0.717, 1.165) is 30.9 Å². The molecule has 2 aromatic rings. The maximum absolute atomic E-state index is 12.0. The molecular formula is C16H20N4O2S. The molecule has 1 fully saturated rings. The highest BCUT2D eigenvalue weighted by atomic mass is 32.2. The van der Waals surface area contributed by atoms with Crippen molar-refractivity contribution in [1.29, 1.82) is 0 Å². The molecule has 0 radical (unpaired) electrons. The van der Waals surface area contributed by atoms with E-state index in [1.54, 1.807) is 30.9 Å². The Morgan fingerprint density at radius 2 is 2.43 bits per heavy atom. The van der Waals surface area contributed by atoms with Crippen LogP contribution >= 0.6 is 11.8 Å². The molecule has 1 atom stereocenters. The van der Waals surface area contributed by atoms with Crippen molar-refractivity contribution in [3.8, 4) is 5.88 Å². The highest BCUT2D eigenvalue weighted by molar-refractivity contribution is 7.99. The lowest BCUT2D eigenvalue weighted by Gasteiger charge is -2.11. The molecule has 6 nitrogen and oxygen atoms in total. The third-order valence-corrected chi connectivity index (χ3v) is 4.74. The molecule has 1 saturated heterocycles. The number of ether oxygens (including phenoxy) is 1. The number of carbonyl (C=O) groups excluding carboxylic acids is 1. The maximum Gasteiger partial charge on any atom is 0.252 e. The molecule has 1 N–H and O–H groups in total. The van der Waals surface area contributed by atoms with E-state index in [1.807, 2.05) is 22.5 Å². The minimum atomic E-state index is -0.105. The van der Waals surface area contributed by atoms with Gasteiger partial charge in [-0.05, 0) is 24.7 Å². The summed E-state index contributed by atoms with van der Waals surface area (Å²) in [4.78, 5) is 20.3. The van der Waals surface area contributed by atoms with Crippen LogP contribution < -0.4 is 10.1 Å². The van der Waals surface area contributed by atoms with Gasteiger partial charge in [-0.1, -0.05) is 0 Å². The van der Waals surface area contributed by atoms with Gasteiger partial charge in [0.25, 0.3) is 5.91 Å². The van der Waals surface area contributed by atoms with Crippen LogP contribution in [0.1, 0.15) is 23.2 Å². The lowest BCUT2D eigenvalue weighted by molar-refractivity contribution is 0.0952. The standard InChI is InChI=1S/C16H20N4O2S/c21-16(18-5-1-7-20-8-6-17-12-20)13-2-3-15(19-10-13)22-14-4-9-23-11-14/h2-3,6,8,10,12,14H,1,4-5,7,9,11H2,(H,18,21)/t14-/m1/s1. The van der Waals surface area contributed by atoms with Crippen molar-refractivity contribution in [3.05, 3.63) is 42.6 Å². The number of amides is 1. The van der Waals surface area contributed by atoms with E-state index in [0.29, 0.717) is 18.0 Å². The SMILES string of the molecule is O=C(NCCCn1ccnc1)c1ccc(O[C@@H]2CCSC2)nc1. The molecule has 0 unspecified atom stereocenters. The second kappa shape index (κ2) is 8.01. The van der Waals surface area contributed by atoms with Gasteiger partial charge in [0.1, 0.15) is 6.10 Å². The molecular weight excluding hydrogens is 312 g/mol. The molecule has 0 spiro atoms. The summed E-state index contributed by atoms with van der Waals surface area (Å²) in [5, 5.41) is 2.90. The summed E-state index contributed by atoms with van der Waals surface area (Å²) in [5.41, 5.74) is 0.556. The van der Waals surface area contributed by atoms with Gasteiger partial charge >= 0.3 is 0 Å². The fourth-order valence-electron chi connectivity index (χ4n) is 2.35. The van der Waals surface area contributed by atoms with E-state index in [1.165, 1.54) is 0 Å². The highest BCUT2D eigenvalue weighted by Gasteiger charge is 2.17. The van der Waals surface area contributed by atoms with E-state index in [2.05, 4.69) is 15.3 Å². The fraction of sp³-hybridized carbons (Fsp3) is 0.438. The fourth-order valence-corrected chi connectivity index (χ4v) is 3.44. The van der Waals surface area contributed by atoms with Crippen molar-refractivity contribution in [2.24, 2.45) is 0 Å². The Labute approximate surface area is 139 Å². The number of carbonyl (C=O) groups is 1. The zero-order valence-corrected chi connectivity index (χ0v) is 13.7. The molecule has 0 aliphatic carbocycles. The second-order valence-electron chi connectivity index (χ2n) is 5.40. The zero-order valence-electron chi connectivity index (χ0n) is 12.9. The lowest BCUT2D eigenvalue weighted by atomic mass is 10.2. The van der Waals surface area contributed by atoms with Gasteiger partial charge in [0.15, 0.2) is 0 Å². The average Bonchev–Trinajstić information content (AvgIpc) is 3.26. The molecule has 1 aliphatic heterocycles. The summed E-state index contributed by atoms with van der Waals surface area (Å²) in [6.07, 6.45) is 9.17. The van der Waals surface area contributed by atoms with Crippen LogP contribution in [0.5, 0.6) is 5.88 Å². The van der Waals surface area contributed by atoms with E-state index < -0.39 is 0 Å². The van der Waals surface area contributed by atoms with Gasteiger partial charge in [-0.25, -0.2) is 9.97 Å². The first kappa shape index (κ1) is 15.9. The van der Waals surface area contributed by atoms with Crippen molar-refractivity contribution in [2.75, 3.05) is 18.1 Å². The number of hydrogen-bond donors (Lipinski definition) is 1. The normalized spacial score (nSPS) is 17.1. The van der Waals surface area contributed by atoms with Gasteiger partial charge in [-0.3, -0.25) is 4.79 Å². The minimum absolute atomic E-state index is 0.105. The maximum atomic E-state index is 12.0. The summed E-state index contributed by atoms with van der Waals surface area (Å²) in [7, 11) is 0. The van der Waals surface area contributed by atoms with Gasteiger partial charge in [0.2, 0.25) is 5.88 Å². The van der Waals surface area contributed by atoms with Crippen molar-refractivity contribution in [1.82, 2.24) is 19.9 Å². The number of imidazole rings is 1. The van der Waals surface area contributed by atoms with E-state index >= 15 is 0 Å². The van der Waals surface area contributed by atoms with Crippen molar-refractivity contribution < 1.29 is 9.53 Å². The third-order valence-electron chi connectivity index (χ3n) is 3.61. The smallest absolute Gasteiger partial charge is 0.252 e. The van der Waals surface area contributed by atoms with Crippen LogP contribution in [0.25, 0.3) is 0 Å². The van der Waals surface area contributed by atoms with Gasteiger partial charge in [0, 0.05) is 43.5 Å². The summed E-state index contributed by atoms with van der Waals surface area (Å²) in [6, 6.07) is 3.53. The Morgan fingerprint density at radius 1 is 1.48 bits per heavy atom. The van der Waals surface area contributed by atoms with Crippen LogP contribution in [0.4, 0.5) is 0 Å². The predicted octanol–water partition coefficient (Wildman–Crippen LogP) is 1.98. The third kappa shape index (κ3) is 4.72. The Balaban J connectivity index is 1.41. The Bertz CT molecular complexity index is 610. The predicted molar refractivity (Wildman–Crippen MR) is 89.8 cm³/mol. The number of nitrogens with zero attached hydrogens (tertiary/aromatic N) is 3. The van der Waals surface area contributed by atoms with Crippen molar-refractivity contribution in [3.63, 3.8) is 0 Å². The zero-order chi connectivity index (χ0) is 15.9. The molecule has 0 bridgehead atoms. The molecule has 3 rings (SSSR count). The molecule has 1 aliphatic rings. The number of hydrogen-bond acceptors (Lipinski definition) is 5. The van der Waals surface area contributed by atoms with Crippen molar-refractivity contribution in [2.45, 2.75) is 25.5 Å². The van der Waals surface area contributed by atoms with Gasteiger partial charge in [-0.15, -0.1) is 0 Å². The number of nitrogens with one attached hydrogen (secondary N) is 1. The number of thioether (sulfide) groups is 1. The van der Waals surface area contributed by atoms with E-state index in [-0.39, 0.29) is 12.0 Å². The Hall–Kier alpha value is -2.02. The molecule has 1 amide bonds. The lowest BCUT2D eigenvalue weighted by Crippen LogP contribution is -2.25. The molecule has 2 aromatic heterocycles. The number of aromatic nitrogens is 3.